The molecule has 0 saturated heterocycles. The lowest BCUT2D eigenvalue weighted by Gasteiger charge is -2.00. The quantitative estimate of drug-likeness (QED) is 0.899. The van der Waals surface area contributed by atoms with Gasteiger partial charge < -0.3 is 5.32 Å². The Morgan fingerprint density at radius 1 is 1.53 bits per heavy atom. The second-order valence-electron chi connectivity index (χ2n) is 3.15. The maximum atomic E-state index is 11.7. The van der Waals surface area contributed by atoms with Gasteiger partial charge in [0.2, 0.25) is 0 Å². The highest BCUT2D eigenvalue weighted by molar-refractivity contribution is 9.10. The van der Waals surface area contributed by atoms with Crippen LogP contribution in [0.2, 0.25) is 0 Å². The van der Waals surface area contributed by atoms with Gasteiger partial charge in [0, 0.05) is 26.5 Å². The molecule has 15 heavy (non-hydrogen) atoms. The van der Waals surface area contributed by atoms with Crippen molar-refractivity contribution in [3.8, 4) is 0 Å². The van der Waals surface area contributed by atoms with Gasteiger partial charge in [-0.2, -0.15) is 0 Å². The van der Waals surface area contributed by atoms with E-state index in [9.17, 15) is 4.79 Å². The van der Waals surface area contributed by atoms with Crippen molar-refractivity contribution in [2.45, 2.75) is 6.92 Å². The first-order valence-electron chi connectivity index (χ1n) is 4.67. The van der Waals surface area contributed by atoms with Crippen LogP contribution in [0.3, 0.4) is 0 Å². The number of benzene rings is 1. The van der Waals surface area contributed by atoms with Gasteiger partial charge in [0.1, 0.15) is 0 Å². The SMILES string of the molecule is CCNC(=O)c1csc2ccc(Br)cc12. The van der Waals surface area contributed by atoms with Crippen molar-refractivity contribution in [2.75, 3.05) is 6.54 Å². The molecule has 0 spiro atoms. The molecule has 1 heterocycles. The molecule has 0 fully saturated rings. The monoisotopic (exact) mass is 283 g/mol. The molecule has 2 rings (SSSR count). The van der Waals surface area contributed by atoms with Crippen LogP contribution in [0.25, 0.3) is 10.1 Å². The summed E-state index contributed by atoms with van der Waals surface area (Å²) < 4.78 is 2.14. The van der Waals surface area contributed by atoms with Crippen LogP contribution in [-0.2, 0) is 0 Å². The minimum absolute atomic E-state index is 0.00171. The number of nitrogens with one attached hydrogen (secondary N) is 1. The number of fused-ring (bicyclic) bond motifs is 1. The molecule has 0 bridgehead atoms. The van der Waals surface area contributed by atoms with E-state index in [-0.39, 0.29) is 5.91 Å². The van der Waals surface area contributed by atoms with Crippen molar-refractivity contribution in [3.63, 3.8) is 0 Å². The standard InChI is InChI=1S/C11H10BrNOS/c1-2-13-11(14)9-6-15-10-4-3-7(12)5-8(9)10/h3-6H,2H2,1H3,(H,13,14). The number of hydrogen-bond acceptors (Lipinski definition) is 2. The number of carbonyl (C=O) groups is 1. The molecule has 1 aromatic carbocycles. The molecule has 2 nitrogen and oxygen atoms in total. The Hall–Kier alpha value is -0.870. The summed E-state index contributed by atoms with van der Waals surface area (Å²) >= 11 is 5.01. The van der Waals surface area contributed by atoms with Gasteiger partial charge >= 0.3 is 0 Å². The minimum atomic E-state index is 0.00171. The highest BCUT2D eigenvalue weighted by Crippen LogP contribution is 2.28. The van der Waals surface area contributed by atoms with E-state index in [1.165, 1.54) is 0 Å². The largest absolute Gasteiger partial charge is 0.352 e. The number of carbonyl (C=O) groups excluding carboxylic acids is 1. The molecule has 0 radical (unpaired) electrons. The Morgan fingerprint density at radius 3 is 3.07 bits per heavy atom. The maximum absolute atomic E-state index is 11.7. The Balaban J connectivity index is 2.52. The predicted molar refractivity (Wildman–Crippen MR) is 67.5 cm³/mol. The Bertz CT molecular complexity index is 506. The molecule has 4 heteroatoms. The summed E-state index contributed by atoms with van der Waals surface area (Å²) in [5.74, 6) is 0.00171. The van der Waals surface area contributed by atoms with E-state index < -0.39 is 0 Å². The van der Waals surface area contributed by atoms with Crippen molar-refractivity contribution in [1.82, 2.24) is 5.32 Å². The van der Waals surface area contributed by atoms with Crippen molar-refractivity contribution in [2.24, 2.45) is 0 Å². The van der Waals surface area contributed by atoms with Crippen molar-refractivity contribution in [3.05, 3.63) is 33.6 Å². The average Bonchev–Trinajstić information content (AvgIpc) is 2.60. The van der Waals surface area contributed by atoms with Gasteiger partial charge in [-0.3, -0.25) is 4.79 Å². The Kier molecular flexibility index (Phi) is 3.07. The van der Waals surface area contributed by atoms with Crippen LogP contribution in [0, 0.1) is 0 Å². The van der Waals surface area contributed by atoms with Crippen LogP contribution in [0.15, 0.2) is 28.1 Å². The molecule has 0 aliphatic carbocycles. The second kappa shape index (κ2) is 4.33. The zero-order chi connectivity index (χ0) is 10.8. The fourth-order valence-electron chi connectivity index (χ4n) is 1.43. The first-order valence-corrected chi connectivity index (χ1v) is 6.34. The molecule has 0 aliphatic rings. The van der Waals surface area contributed by atoms with Crippen LogP contribution in [0.4, 0.5) is 0 Å². The lowest BCUT2D eigenvalue weighted by atomic mass is 10.2. The summed E-state index contributed by atoms with van der Waals surface area (Å²) in [4.78, 5) is 11.7. The van der Waals surface area contributed by atoms with Crippen LogP contribution in [0.1, 0.15) is 17.3 Å². The van der Waals surface area contributed by atoms with E-state index in [1.54, 1.807) is 11.3 Å². The zero-order valence-electron chi connectivity index (χ0n) is 8.21. The predicted octanol–water partition coefficient (Wildman–Crippen LogP) is 3.41. The normalized spacial score (nSPS) is 10.5. The third-order valence-electron chi connectivity index (χ3n) is 2.12. The highest BCUT2D eigenvalue weighted by atomic mass is 79.9. The third kappa shape index (κ3) is 2.06. The zero-order valence-corrected chi connectivity index (χ0v) is 10.6. The summed E-state index contributed by atoms with van der Waals surface area (Å²) in [6.07, 6.45) is 0. The van der Waals surface area contributed by atoms with E-state index in [4.69, 9.17) is 0 Å². The summed E-state index contributed by atoms with van der Waals surface area (Å²) in [5.41, 5.74) is 0.762. The fourth-order valence-corrected chi connectivity index (χ4v) is 2.72. The molecule has 78 valence electrons. The topological polar surface area (TPSA) is 29.1 Å². The number of halogens is 1. The number of thiophene rings is 1. The van der Waals surface area contributed by atoms with Crippen molar-refractivity contribution >= 4 is 43.3 Å². The lowest BCUT2D eigenvalue weighted by molar-refractivity contribution is 0.0958. The van der Waals surface area contributed by atoms with Gasteiger partial charge in [-0.1, -0.05) is 15.9 Å². The summed E-state index contributed by atoms with van der Waals surface area (Å²) in [5, 5.41) is 5.73. The summed E-state index contributed by atoms with van der Waals surface area (Å²) in [6, 6.07) is 5.99. The first kappa shape index (κ1) is 10.6. The van der Waals surface area contributed by atoms with Gasteiger partial charge in [0.15, 0.2) is 0 Å². The van der Waals surface area contributed by atoms with E-state index in [0.717, 1.165) is 20.1 Å². The van der Waals surface area contributed by atoms with Crippen LogP contribution in [0.5, 0.6) is 0 Å². The molecule has 0 aliphatic heterocycles. The molecular formula is C11H10BrNOS. The van der Waals surface area contributed by atoms with Gasteiger partial charge in [-0.15, -0.1) is 11.3 Å². The van der Waals surface area contributed by atoms with Crippen molar-refractivity contribution < 1.29 is 4.79 Å². The number of hydrogen-bond donors (Lipinski definition) is 1. The Morgan fingerprint density at radius 2 is 2.33 bits per heavy atom. The van der Waals surface area contributed by atoms with Crippen LogP contribution < -0.4 is 5.32 Å². The van der Waals surface area contributed by atoms with Gasteiger partial charge in [0.25, 0.3) is 5.91 Å². The summed E-state index contributed by atoms with van der Waals surface area (Å²) in [7, 11) is 0. The molecule has 1 N–H and O–H groups in total. The van der Waals surface area contributed by atoms with E-state index in [0.29, 0.717) is 6.54 Å². The minimum Gasteiger partial charge on any atom is -0.352 e. The van der Waals surface area contributed by atoms with Crippen molar-refractivity contribution in [1.29, 1.82) is 0 Å². The molecule has 0 unspecified atom stereocenters. The third-order valence-corrected chi connectivity index (χ3v) is 3.57. The van der Waals surface area contributed by atoms with E-state index >= 15 is 0 Å². The van der Waals surface area contributed by atoms with Crippen LogP contribution >= 0.6 is 27.3 Å². The number of rotatable bonds is 2. The van der Waals surface area contributed by atoms with Crippen LogP contribution in [-0.4, -0.2) is 12.5 Å². The average molecular weight is 284 g/mol. The molecule has 0 atom stereocenters. The molecule has 2 aromatic rings. The molecular weight excluding hydrogens is 274 g/mol. The first-order chi connectivity index (χ1) is 7.22. The van der Waals surface area contributed by atoms with E-state index in [1.807, 2.05) is 30.5 Å². The molecule has 0 saturated carbocycles. The highest BCUT2D eigenvalue weighted by Gasteiger charge is 2.11. The van der Waals surface area contributed by atoms with E-state index in [2.05, 4.69) is 21.2 Å². The second-order valence-corrected chi connectivity index (χ2v) is 4.98. The van der Waals surface area contributed by atoms with Gasteiger partial charge in [0.05, 0.1) is 5.56 Å². The number of amides is 1. The molecule has 1 aromatic heterocycles. The smallest absolute Gasteiger partial charge is 0.252 e. The Labute approximate surface area is 100 Å². The molecule has 1 amide bonds. The fraction of sp³-hybridized carbons (Fsp3) is 0.182. The van der Waals surface area contributed by atoms with Gasteiger partial charge in [-0.05, 0) is 25.1 Å². The lowest BCUT2D eigenvalue weighted by Crippen LogP contribution is -2.22. The van der Waals surface area contributed by atoms with Gasteiger partial charge in [-0.25, -0.2) is 0 Å². The summed E-state index contributed by atoms with van der Waals surface area (Å²) in [6.45, 7) is 2.58. The maximum Gasteiger partial charge on any atom is 0.252 e.